The van der Waals surface area contributed by atoms with Gasteiger partial charge < -0.3 is 9.47 Å². The largest absolute Gasteiger partial charge is 0.466 e. The molecule has 0 fully saturated rings. The van der Waals surface area contributed by atoms with E-state index in [1.165, 1.54) is 26.0 Å². The predicted octanol–water partition coefficient (Wildman–Crippen LogP) is 4.16. The van der Waals surface area contributed by atoms with E-state index < -0.39 is 17.9 Å². The molecule has 0 amide bonds. The van der Waals surface area contributed by atoms with Crippen LogP contribution in [-0.4, -0.2) is 26.2 Å². The second-order valence-corrected chi connectivity index (χ2v) is 6.67. The van der Waals surface area contributed by atoms with Gasteiger partial charge in [0.25, 0.3) is 0 Å². The maximum atomic E-state index is 12.5. The molecule has 26 heavy (non-hydrogen) atoms. The first kappa shape index (κ1) is 18.0. The van der Waals surface area contributed by atoms with Crippen LogP contribution in [0.5, 0.6) is 0 Å². The number of ether oxygens (including phenoxy) is 2. The third-order valence-corrected chi connectivity index (χ3v) is 5.26. The van der Waals surface area contributed by atoms with Gasteiger partial charge in [-0.2, -0.15) is 0 Å². The molecule has 2 aromatic carbocycles. The van der Waals surface area contributed by atoms with Crippen molar-refractivity contribution in [3.63, 3.8) is 0 Å². The van der Waals surface area contributed by atoms with Gasteiger partial charge in [-0.3, -0.25) is 0 Å². The molecule has 1 heterocycles. The van der Waals surface area contributed by atoms with Gasteiger partial charge in [-0.1, -0.05) is 78.5 Å². The first-order valence-electron chi connectivity index (χ1n) is 8.06. The second kappa shape index (κ2) is 8.06. The maximum Gasteiger partial charge on any atom is 0.345 e. The topological polar surface area (TPSA) is 52.6 Å². The van der Waals surface area contributed by atoms with E-state index in [1.54, 1.807) is 0 Å². The predicted molar refractivity (Wildman–Crippen MR) is 102 cm³/mol. The van der Waals surface area contributed by atoms with Crippen molar-refractivity contribution in [2.24, 2.45) is 0 Å². The minimum Gasteiger partial charge on any atom is -0.466 e. The fourth-order valence-corrected chi connectivity index (χ4v) is 3.99. The summed E-state index contributed by atoms with van der Waals surface area (Å²) < 4.78 is 9.89. The van der Waals surface area contributed by atoms with Crippen LogP contribution < -0.4 is 0 Å². The third kappa shape index (κ3) is 3.58. The number of hydrogen-bond acceptors (Lipinski definition) is 5. The molecular weight excluding hydrogens is 348 g/mol. The average molecular weight is 366 g/mol. The van der Waals surface area contributed by atoms with Crippen molar-refractivity contribution in [2.45, 2.75) is 5.92 Å². The Bertz CT molecular complexity index is 869. The van der Waals surface area contributed by atoms with E-state index in [4.69, 9.17) is 9.47 Å². The van der Waals surface area contributed by atoms with Crippen LogP contribution in [0.3, 0.4) is 0 Å². The van der Waals surface area contributed by atoms with E-state index in [2.05, 4.69) is 0 Å². The van der Waals surface area contributed by atoms with Crippen molar-refractivity contribution in [1.29, 1.82) is 0 Å². The van der Waals surface area contributed by atoms with E-state index in [1.807, 2.05) is 66.7 Å². The lowest BCUT2D eigenvalue weighted by atomic mass is 9.89. The lowest BCUT2D eigenvalue weighted by Gasteiger charge is -2.25. The molecule has 1 aliphatic heterocycles. The number of benzene rings is 2. The van der Waals surface area contributed by atoms with Gasteiger partial charge in [0.05, 0.1) is 19.8 Å². The Morgan fingerprint density at radius 1 is 0.846 bits per heavy atom. The Labute approximate surface area is 156 Å². The fourth-order valence-electron chi connectivity index (χ4n) is 2.83. The molecule has 0 spiro atoms. The molecule has 0 N–H and O–H groups in total. The summed E-state index contributed by atoms with van der Waals surface area (Å²) in [6.07, 6.45) is 1.99. The van der Waals surface area contributed by atoms with Gasteiger partial charge in [-0.05, 0) is 11.1 Å². The number of esters is 2. The van der Waals surface area contributed by atoms with Crippen LogP contribution in [0.15, 0.2) is 77.2 Å². The summed E-state index contributed by atoms with van der Waals surface area (Å²) in [5.41, 5.74) is 2.18. The highest BCUT2D eigenvalue weighted by atomic mass is 32.2. The molecule has 5 heteroatoms. The lowest BCUT2D eigenvalue weighted by molar-refractivity contribution is -0.138. The van der Waals surface area contributed by atoms with Gasteiger partial charge in [-0.25, -0.2) is 9.59 Å². The Balaban J connectivity index is 2.19. The molecule has 1 unspecified atom stereocenters. The summed E-state index contributed by atoms with van der Waals surface area (Å²) in [7, 11) is 2.62. The normalized spacial score (nSPS) is 16.7. The molecule has 0 radical (unpaired) electrons. The highest BCUT2D eigenvalue weighted by molar-refractivity contribution is 8.12. The molecular formula is C21H18O4S. The molecule has 0 saturated heterocycles. The van der Waals surface area contributed by atoms with Crippen LogP contribution in [0.1, 0.15) is 17.0 Å². The molecule has 0 aromatic heterocycles. The molecule has 0 bridgehead atoms. The minimum atomic E-state index is -0.544. The molecule has 4 nitrogen and oxygen atoms in total. The van der Waals surface area contributed by atoms with E-state index >= 15 is 0 Å². The number of rotatable bonds is 4. The zero-order valence-corrected chi connectivity index (χ0v) is 15.3. The number of allylic oxidation sites excluding steroid dienone is 1. The number of carbonyl (C=O) groups excluding carboxylic acids is 2. The Kier molecular flexibility index (Phi) is 5.58. The summed E-state index contributed by atoms with van der Waals surface area (Å²) in [4.78, 5) is 26.1. The smallest absolute Gasteiger partial charge is 0.345 e. The second-order valence-electron chi connectivity index (χ2n) is 5.61. The molecule has 2 aromatic rings. The maximum absolute atomic E-state index is 12.5. The molecule has 0 aliphatic carbocycles. The first-order chi connectivity index (χ1) is 12.7. The van der Waals surface area contributed by atoms with Gasteiger partial charge in [-0.15, -0.1) is 0 Å². The van der Waals surface area contributed by atoms with Gasteiger partial charge in [0.15, 0.2) is 0 Å². The van der Waals surface area contributed by atoms with Crippen molar-refractivity contribution in [3.8, 4) is 0 Å². The number of thioether (sulfide) groups is 1. The van der Waals surface area contributed by atoms with Crippen LogP contribution in [-0.2, 0) is 19.1 Å². The zero-order chi connectivity index (χ0) is 18.5. The number of hydrogen-bond donors (Lipinski definition) is 0. The molecule has 1 aliphatic rings. The van der Waals surface area contributed by atoms with Gasteiger partial charge >= 0.3 is 11.9 Å². The summed E-state index contributed by atoms with van der Waals surface area (Å²) >= 11 is 1.23. The zero-order valence-electron chi connectivity index (χ0n) is 14.5. The van der Waals surface area contributed by atoms with E-state index in [0.717, 1.165) is 16.0 Å². The van der Waals surface area contributed by atoms with Crippen molar-refractivity contribution >= 4 is 28.6 Å². The highest BCUT2D eigenvalue weighted by Crippen LogP contribution is 2.46. The first-order valence-corrected chi connectivity index (χ1v) is 8.88. The van der Waals surface area contributed by atoms with Crippen molar-refractivity contribution < 1.29 is 19.1 Å². The molecule has 3 rings (SSSR count). The lowest BCUT2D eigenvalue weighted by Crippen LogP contribution is -2.20. The monoisotopic (exact) mass is 366 g/mol. The summed E-state index contributed by atoms with van der Waals surface area (Å²) in [6, 6.07) is 19.3. The minimum absolute atomic E-state index is 0.259. The van der Waals surface area contributed by atoms with Crippen LogP contribution in [0.2, 0.25) is 0 Å². The van der Waals surface area contributed by atoms with Crippen LogP contribution in [0, 0.1) is 0 Å². The number of carbonyl (C=O) groups is 2. The fraction of sp³-hybridized carbons (Fsp3) is 0.143. The Morgan fingerprint density at radius 2 is 1.42 bits per heavy atom. The SMILES string of the molecule is COC(=O)C1=C(C(=O)OC)C(c2ccccc2)C=C(c2ccccc2)S1. The Hall–Kier alpha value is -2.79. The van der Waals surface area contributed by atoms with Crippen LogP contribution in [0.25, 0.3) is 4.91 Å². The Morgan fingerprint density at radius 3 is 2.00 bits per heavy atom. The van der Waals surface area contributed by atoms with Crippen LogP contribution in [0.4, 0.5) is 0 Å². The average Bonchev–Trinajstić information content (AvgIpc) is 2.72. The quantitative estimate of drug-likeness (QED) is 0.761. The standard InChI is InChI=1S/C21H18O4S/c1-24-20(22)18-16(14-9-5-3-6-10-14)13-17(15-11-7-4-8-12-15)26-19(18)21(23)25-2/h3-13,16H,1-2H3. The van der Waals surface area contributed by atoms with Gasteiger partial charge in [0, 0.05) is 10.8 Å². The number of methoxy groups -OCH3 is 2. The van der Waals surface area contributed by atoms with E-state index in [-0.39, 0.29) is 4.91 Å². The van der Waals surface area contributed by atoms with Crippen LogP contribution >= 0.6 is 11.8 Å². The summed E-state index contributed by atoms with van der Waals surface area (Å²) in [5.74, 6) is -1.47. The summed E-state index contributed by atoms with van der Waals surface area (Å²) in [6.45, 7) is 0. The van der Waals surface area contributed by atoms with Gasteiger partial charge in [0.1, 0.15) is 4.91 Å². The van der Waals surface area contributed by atoms with E-state index in [9.17, 15) is 9.59 Å². The highest BCUT2D eigenvalue weighted by Gasteiger charge is 2.34. The van der Waals surface area contributed by atoms with Crippen molar-refractivity contribution in [2.75, 3.05) is 14.2 Å². The molecule has 0 saturated carbocycles. The van der Waals surface area contributed by atoms with Crippen molar-refractivity contribution in [1.82, 2.24) is 0 Å². The molecule has 1 atom stereocenters. The molecule has 132 valence electrons. The summed E-state index contributed by atoms with van der Waals surface area (Å²) in [5, 5.41) is 0. The van der Waals surface area contributed by atoms with Crippen molar-refractivity contribution in [3.05, 3.63) is 88.3 Å². The van der Waals surface area contributed by atoms with E-state index in [0.29, 0.717) is 5.57 Å². The third-order valence-electron chi connectivity index (χ3n) is 4.08. The van der Waals surface area contributed by atoms with Gasteiger partial charge in [0.2, 0.25) is 0 Å².